The Morgan fingerprint density at radius 3 is 3.00 bits per heavy atom. The first-order valence-electron chi connectivity index (χ1n) is 4.16. The lowest BCUT2D eigenvalue weighted by Gasteiger charge is -2.19. The molecule has 1 heteroatoms. The van der Waals surface area contributed by atoms with E-state index in [1.807, 2.05) is 19.1 Å². The number of hydrogen-bond donors (Lipinski definition) is 1. The Morgan fingerprint density at radius 2 is 2.27 bits per heavy atom. The van der Waals surface area contributed by atoms with Gasteiger partial charge in [-0.2, -0.15) is 0 Å². The van der Waals surface area contributed by atoms with E-state index >= 15 is 0 Å². The van der Waals surface area contributed by atoms with Gasteiger partial charge in [0.2, 0.25) is 0 Å². The first-order chi connectivity index (χ1) is 5.10. The van der Waals surface area contributed by atoms with Crippen molar-refractivity contribution in [1.29, 1.82) is 0 Å². The zero-order valence-corrected chi connectivity index (χ0v) is 7.30. The van der Waals surface area contributed by atoms with Crippen LogP contribution in [0.5, 0.6) is 0 Å². The predicted octanol–water partition coefficient (Wildman–Crippen LogP) is 2.42. The third-order valence-corrected chi connectivity index (χ3v) is 2.06. The van der Waals surface area contributed by atoms with E-state index < -0.39 is 5.60 Å². The van der Waals surface area contributed by atoms with Crippen LogP contribution in [0.1, 0.15) is 33.1 Å². The molecule has 0 radical (unpaired) electrons. The summed E-state index contributed by atoms with van der Waals surface area (Å²) in [6.07, 6.45) is 8.96. The predicted molar refractivity (Wildman–Crippen MR) is 47.4 cm³/mol. The molecule has 0 saturated heterocycles. The van der Waals surface area contributed by atoms with Crippen molar-refractivity contribution in [1.82, 2.24) is 0 Å². The Bertz CT molecular complexity index is 187. The van der Waals surface area contributed by atoms with E-state index in [2.05, 4.69) is 13.0 Å². The van der Waals surface area contributed by atoms with Gasteiger partial charge in [-0.25, -0.2) is 0 Å². The Labute approximate surface area is 68.4 Å². The molecule has 0 spiro atoms. The van der Waals surface area contributed by atoms with Crippen LogP contribution < -0.4 is 0 Å². The molecule has 11 heavy (non-hydrogen) atoms. The van der Waals surface area contributed by atoms with Crippen molar-refractivity contribution in [2.24, 2.45) is 0 Å². The Balaban J connectivity index is 2.62. The van der Waals surface area contributed by atoms with Gasteiger partial charge >= 0.3 is 0 Å². The molecule has 0 fully saturated rings. The third kappa shape index (κ3) is 2.89. The summed E-state index contributed by atoms with van der Waals surface area (Å²) in [6.45, 7) is 3.99. The van der Waals surface area contributed by atoms with Gasteiger partial charge in [-0.15, -0.1) is 0 Å². The van der Waals surface area contributed by atoms with Gasteiger partial charge in [-0.05, 0) is 33.1 Å². The van der Waals surface area contributed by atoms with Crippen molar-refractivity contribution in [3.63, 3.8) is 0 Å². The van der Waals surface area contributed by atoms with Crippen LogP contribution in [0.25, 0.3) is 0 Å². The second-order valence-corrected chi connectivity index (χ2v) is 3.55. The maximum absolute atomic E-state index is 9.65. The molecule has 62 valence electrons. The molecule has 1 N–H and O–H groups in total. The van der Waals surface area contributed by atoms with Gasteiger partial charge < -0.3 is 5.11 Å². The van der Waals surface area contributed by atoms with Crippen molar-refractivity contribution in [3.8, 4) is 0 Å². The van der Waals surface area contributed by atoms with Gasteiger partial charge in [0.25, 0.3) is 0 Å². The lowest BCUT2D eigenvalue weighted by molar-refractivity contribution is 0.102. The summed E-state index contributed by atoms with van der Waals surface area (Å²) in [5, 5.41) is 9.65. The van der Waals surface area contributed by atoms with Gasteiger partial charge in [0, 0.05) is 0 Å². The van der Waals surface area contributed by atoms with Crippen molar-refractivity contribution in [2.75, 3.05) is 0 Å². The average Bonchev–Trinajstić information content (AvgIpc) is 1.83. The summed E-state index contributed by atoms with van der Waals surface area (Å²) in [4.78, 5) is 0. The number of hydrogen-bond acceptors (Lipinski definition) is 1. The maximum Gasteiger partial charge on any atom is 0.0802 e. The topological polar surface area (TPSA) is 20.2 Å². The lowest BCUT2D eigenvalue weighted by Crippen LogP contribution is -2.20. The molecule has 0 aromatic carbocycles. The summed E-state index contributed by atoms with van der Waals surface area (Å²) in [5.41, 5.74) is 0.814. The summed E-state index contributed by atoms with van der Waals surface area (Å²) in [6, 6.07) is 0. The smallest absolute Gasteiger partial charge is 0.0802 e. The fourth-order valence-electron chi connectivity index (χ4n) is 1.28. The van der Waals surface area contributed by atoms with Gasteiger partial charge in [0.1, 0.15) is 0 Å². The van der Waals surface area contributed by atoms with Crippen molar-refractivity contribution < 1.29 is 5.11 Å². The molecule has 1 rings (SSSR count). The van der Waals surface area contributed by atoms with Crippen LogP contribution in [0.15, 0.2) is 23.8 Å². The molecule has 0 aromatic rings. The highest BCUT2D eigenvalue weighted by Crippen LogP contribution is 2.19. The van der Waals surface area contributed by atoms with E-state index in [0.717, 1.165) is 19.3 Å². The molecule has 0 bridgehead atoms. The van der Waals surface area contributed by atoms with Crippen molar-refractivity contribution >= 4 is 0 Å². The molecule has 1 aliphatic carbocycles. The zero-order chi connectivity index (χ0) is 8.32. The van der Waals surface area contributed by atoms with Gasteiger partial charge in [-0.3, -0.25) is 0 Å². The Morgan fingerprint density at radius 1 is 1.55 bits per heavy atom. The van der Waals surface area contributed by atoms with Gasteiger partial charge in [0.15, 0.2) is 0 Å². The van der Waals surface area contributed by atoms with E-state index in [9.17, 15) is 5.11 Å². The SMILES string of the molecule is C/C1=C/CCC(C)(O)/C=C\C1. The molecule has 1 aliphatic rings. The highest BCUT2D eigenvalue weighted by molar-refractivity contribution is 5.11. The monoisotopic (exact) mass is 152 g/mol. The minimum absolute atomic E-state index is 0.586. The number of allylic oxidation sites excluding steroid dienone is 3. The van der Waals surface area contributed by atoms with Crippen LogP contribution in [0.4, 0.5) is 0 Å². The average molecular weight is 152 g/mol. The molecule has 0 aromatic heterocycles. The number of rotatable bonds is 0. The maximum atomic E-state index is 9.65. The fraction of sp³-hybridized carbons (Fsp3) is 0.600. The second-order valence-electron chi connectivity index (χ2n) is 3.55. The molecular weight excluding hydrogens is 136 g/mol. The van der Waals surface area contributed by atoms with E-state index in [1.54, 1.807) is 0 Å². The minimum Gasteiger partial charge on any atom is -0.386 e. The Kier molecular flexibility index (Phi) is 2.50. The summed E-state index contributed by atoms with van der Waals surface area (Å²) < 4.78 is 0. The first kappa shape index (κ1) is 8.54. The van der Waals surface area contributed by atoms with E-state index in [1.165, 1.54) is 5.57 Å². The van der Waals surface area contributed by atoms with Crippen LogP contribution in [0.2, 0.25) is 0 Å². The quantitative estimate of drug-likeness (QED) is 0.528. The van der Waals surface area contributed by atoms with E-state index in [4.69, 9.17) is 0 Å². The highest BCUT2D eigenvalue weighted by atomic mass is 16.3. The van der Waals surface area contributed by atoms with Crippen LogP contribution in [0, 0.1) is 0 Å². The molecule has 1 nitrogen and oxygen atoms in total. The normalized spacial score (nSPS) is 40.1. The first-order valence-corrected chi connectivity index (χ1v) is 4.16. The van der Waals surface area contributed by atoms with Crippen LogP contribution in [0.3, 0.4) is 0 Å². The number of aliphatic hydroxyl groups is 1. The van der Waals surface area contributed by atoms with Crippen molar-refractivity contribution in [2.45, 2.75) is 38.7 Å². The van der Waals surface area contributed by atoms with Gasteiger partial charge in [-0.1, -0.05) is 23.8 Å². The molecule has 1 unspecified atom stereocenters. The molecule has 0 saturated carbocycles. The summed E-state index contributed by atoms with van der Waals surface area (Å²) >= 11 is 0. The van der Waals surface area contributed by atoms with Crippen LogP contribution >= 0.6 is 0 Å². The molecule has 0 amide bonds. The standard InChI is InChI=1S/C10H16O/c1-9-5-3-7-10(2,11)8-4-6-9/h3,6-7,11H,4-5,8H2,1-2H3/b7-3-,9-6-. The summed E-state index contributed by atoms with van der Waals surface area (Å²) in [5.74, 6) is 0. The van der Waals surface area contributed by atoms with Crippen LogP contribution in [-0.2, 0) is 0 Å². The Hall–Kier alpha value is -0.560. The zero-order valence-electron chi connectivity index (χ0n) is 7.30. The van der Waals surface area contributed by atoms with Gasteiger partial charge in [0.05, 0.1) is 5.60 Å². The van der Waals surface area contributed by atoms with E-state index in [-0.39, 0.29) is 0 Å². The second kappa shape index (κ2) is 3.22. The molecule has 0 aliphatic heterocycles. The summed E-state index contributed by atoms with van der Waals surface area (Å²) in [7, 11) is 0. The van der Waals surface area contributed by atoms with Crippen molar-refractivity contribution in [3.05, 3.63) is 23.8 Å². The molecular formula is C10H16O. The third-order valence-electron chi connectivity index (χ3n) is 2.06. The minimum atomic E-state index is -0.586. The van der Waals surface area contributed by atoms with E-state index in [0.29, 0.717) is 0 Å². The molecule has 0 heterocycles. The van der Waals surface area contributed by atoms with Crippen LogP contribution in [-0.4, -0.2) is 10.7 Å². The molecule has 1 atom stereocenters. The highest BCUT2D eigenvalue weighted by Gasteiger charge is 2.15. The largest absolute Gasteiger partial charge is 0.386 e. The fourth-order valence-corrected chi connectivity index (χ4v) is 1.28. The lowest BCUT2D eigenvalue weighted by atomic mass is 9.95.